The standard InChI is InChI=1S/C32H50O2S2/c1-5-7-9-11-13-15-17-19-21-27-23-29(25(3)33)35-31(27)32-28(24-30(36-32)26(4)34)22-20-18-16-14-12-10-8-6-2/h23-24H,5-22H2,1-4H3. The second kappa shape index (κ2) is 18.1. The molecular formula is C32H50O2S2. The van der Waals surface area contributed by atoms with Gasteiger partial charge < -0.3 is 0 Å². The van der Waals surface area contributed by atoms with Crippen molar-refractivity contribution >= 4 is 34.2 Å². The van der Waals surface area contributed by atoms with E-state index in [2.05, 4.69) is 26.0 Å². The highest BCUT2D eigenvalue weighted by Gasteiger charge is 2.20. The largest absolute Gasteiger partial charge is 0.294 e. The number of ketones is 2. The van der Waals surface area contributed by atoms with Gasteiger partial charge in [-0.1, -0.05) is 104 Å². The number of thiophene rings is 2. The van der Waals surface area contributed by atoms with E-state index in [1.54, 1.807) is 36.5 Å². The van der Waals surface area contributed by atoms with Gasteiger partial charge >= 0.3 is 0 Å². The predicted molar refractivity (Wildman–Crippen MR) is 160 cm³/mol. The lowest BCUT2D eigenvalue weighted by atomic mass is 10.0. The van der Waals surface area contributed by atoms with Gasteiger partial charge in [0.1, 0.15) is 0 Å². The minimum absolute atomic E-state index is 0.149. The van der Waals surface area contributed by atoms with Gasteiger partial charge in [0.2, 0.25) is 0 Å². The first-order valence-electron chi connectivity index (χ1n) is 14.8. The van der Waals surface area contributed by atoms with Gasteiger partial charge in [0.15, 0.2) is 11.6 Å². The first kappa shape index (κ1) is 31.0. The van der Waals surface area contributed by atoms with Gasteiger partial charge in [0.05, 0.1) is 9.75 Å². The van der Waals surface area contributed by atoms with E-state index in [1.807, 2.05) is 0 Å². The number of hydrogen-bond donors (Lipinski definition) is 0. The van der Waals surface area contributed by atoms with Gasteiger partial charge in [0.25, 0.3) is 0 Å². The molecule has 2 rings (SSSR count). The van der Waals surface area contributed by atoms with Crippen LogP contribution in [0.3, 0.4) is 0 Å². The SMILES string of the molecule is CCCCCCCCCCc1cc(C(C)=O)sc1-c1sc(C(C)=O)cc1CCCCCCCCCC. The average molecular weight is 531 g/mol. The molecule has 0 aliphatic heterocycles. The van der Waals surface area contributed by atoms with Crippen molar-refractivity contribution in [3.63, 3.8) is 0 Å². The second-order valence-corrected chi connectivity index (χ2v) is 12.6. The number of rotatable bonds is 21. The summed E-state index contributed by atoms with van der Waals surface area (Å²) in [5.74, 6) is 0.299. The zero-order chi connectivity index (χ0) is 26.2. The Balaban J connectivity index is 2.03. The van der Waals surface area contributed by atoms with Crippen LogP contribution >= 0.6 is 22.7 Å². The van der Waals surface area contributed by atoms with E-state index < -0.39 is 0 Å². The molecule has 0 aliphatic carbocycles. The minimum Gasteiger partial charge on any atom is -0.294 e. The molecule has 0 saturated carbocycles. The fourth-order valence-corrected chi connectivity index (χ4v) is 7.27. The average Bonchev–Trinajstić information content (AvgIpc) is 3.47. The summed E-state index contributed by atoms with van der Waals surface area (Å²) in [6.45, 7) is 7.88. The molecule has 0 saturated heterocycles. The molecule has 0 amide bonds. The normalized spacial score (nSPS) is 11.3. The molecule has 0 fully saturated rings. The molecule has 0 N–H and O–H groups in total. The van der Waals surface area contributed by atoms with E-state index in [0.717, 1.165) is 22.6 Å². The molecule has 2 aromatic heterocycles. The zero-order valence-electron chi connectivity index (χ0n) is 23.5. The van der Waals surface area contributed by atoms with E-state index in [0.29, 0.717) is 0 Å². The van der Waals surface area contributed by atoms with Crippen LogP contribution in [0.1, 0.15) is 161 Å². The maximum atomic E-state index is 12.2. The molecule has 0 spiro atoms. The molecule has 0 atom stereocenters. The van der Waals surface area contributed by atoms with Crippen LogP contribution in [0.25, 0.3) is 9.75 Å². The van der Waals surface area contributed by atoms with Crippen molar-refractivity contribution in [2.75, 3.05) is 0 Å². The van der Waals surface area contributed by atoms with Crippen molar-refractivity contribution in [3.05, 3.63) is 33.0 Å². The van der Waals surface area contributed by atoms with Crippen LogP contribution in [0.5, 0.6) is 0 Å². The monoisotopic (exact) mass is 530 g/mol. The molecule has 2 aromatic rings. The molecule has 0 radical (unpaired) electrons. The third-order valence-corrected chi connectivity index (χ3v) is 9.84. The third kappa shape index (κ3) is 11.0. The van der Waals surface area contributed by atoms with Gasteiger partial charge in [-0.25, -0.2) is 0 Å². The smallest absolute Gasteiger partial charge is 0.169 e. The Kier molecular flexibility index (Phi) is 15.5. The highest BCUT2D eigenvalue weighted by atomic mass is 32.1. The highest BCUT2D eigenvalue weighted by Crippen LogP contribution is 2.41. The van der Waals surface area contributed by atoms with Crippen LogP contribution < -0.4 is 0 Å². The Morgan fingerprint density at radius 3 is 1.14 bits per heavy atom. The minimum atomic E-state index is 0.149. The maximum absolute atomic E-state index is 12.2. The fraction of sp³-hybridized carbons (Fsp3) is 0.688. The number of Topliss-reactive ketones (excluding diaryl/α,β-unsaturated/α-hetero) is 2. The van der Waals surface area contributed by atoms with E-state index in [9.17, 15) is 9.59 Å². The molecule has 0 aliphatic rings. The fourth-order valence-electron chi connectivity index (χ4n) is 4.86. The molecule has 0 aromatic carbocycles. The topological polar surface area (TPSA) is 34.1 Å². The Bertz CT molecular complexity index is 831. The zero-order valence-corrected chi connectivity index (χ0v) is 25.1. The van der Waals surface area contributed by atoms with Gasteiger partial charge in [-0.2, -0.15) is 0 Å². The van der Waals surface area contributed by atoms with Crippen molar-refractivity contribution in [2.45, 2.75) is 143 Å². The third-order valence-electron chi connectivity index (χ3n) is 7.12. The Morgan fingerprint density at radius 2 is 0.833 bits per heavy atom. The summed E-state index contributed by atoms with van der Waals surface area (Å²) in [6.07, 6.45) is 23.0. The lowest BCUT2D eigenvalue weighted by Crippen LogP contribution is -1.90. The highest BCUT2D eigenvalue weighted by molar-refractivity contribution is 7.24. The van der Waals surface area contributed by atoms with Crippen LogP contribution in [0.15, 0.2) is 12.1 Å². The number of carbonyl (C=O) groups is 2. The van der Waals surface area contributed by atoms with E-state index in [-0.39, 0.29) is 11.6 Å². The first-order valence-corrected chi connectivity index (χ1v) is 16.4. The Hall–Kier alpha value is -1.26. The number of unbranched alkanes of at least 4 members (excludes halogenated alkanes) is 14. The quantitative estimate of drug-likeness (QED) is 0.119. The molecule has 0 bridgehead atoms. The van der Waals surface area contributed by atoms with Crippen LogP contribution in [-0.2, 0) is 12.8 Å². The van der Waals surface area contributed by atoms with Crippen molar-refractivity contribution in [3.8, 4) is 9.75 Å². The van der Waals surface area contributed by atoms with Gasteiger partial charge in [-0.3, -0.25) is 9.59 Å². The van der Waals surface area contributed by atoms with Gasteiger partial charge in [-0.05, 0) is 62.8 Å². The van der Waals surface area contributed by atoms with Crippen LogP contribution in [0.4, 0.5) is 0 Å². The number of hydrogen-bond acceptors (Lipinski definition) is 4. The number of aryl methyl sites for hydroxylation is 2. The lowest BCUT2D eigenvalue weighted by molar-refractivity contribution is 0.101. The van der Waals surface area contributed by atoms with Gasteiger partial charge in [0, 0.05) is 9.75 Å². The van der Waals surface area contributed by atoms with E-state index in [4.69, 9.17) is 0 Å². The van der Waals surface area contributed by atoms with Crippen molar-refractivity contribution < 1.29 is 9.59 Å². The van der Waals surface area contributed by atoms with E-state index >= 15 is 0 Å². The lowest BCUT2D eigenvalue weighted by Gasteiger charge is -2.07. The summed E-state index contributed by atoms with van der Waals surface area (Å²) in [4.78, 5) is 28.7. The summed E-state index contributed by atoms with van der Waals surface area (Å²) in [6, 6.07) is 4.27. The van der Waals surface area contributed by atoms with Crippen LogP contribution in [0.2, 0.25) is 0 Å². The summed E-state index contributed by atoms with van der Waals surface area (Å²) in [5, 5.41) is 0. The second-order valence-electron chi connectivity index (χ2n) is 10.5. The number of carbonyl (C=O) groups excluding carboxylic acids is 2. The van der Waals surface area contributed by atoms with Crippen molar-refractivity contribution in [2.24, 2.45) is 0 Å². The Morgan fingerprint density at radius 1 is 0.528 bits per heavy atom. The molecule has 36 heavy (non-hydrogen) atoms. The molecule has 2 nitrogen and oxygen atoms in total. The van der Waals surface area contributed by atoms with Crippen molar-refractivity contribution in [1.29, 1.82) is 0 Å². The summed E-state index contributed by atoms with van der Waals surface area (Å²) < 4.78 is 0. The first-order chi connectivity index (χ1) is 17.5. The predicted octanol–water partition coefficient (Wildman–Crippen LogP) is 11.2. The van der Waals surface area contributed by atoms with Crippen molar-refractivity contribution in [1.82, 2.24) is 0 Å². The van der Waals surface area contributed by atoms with Crippen LogP contribution in [-0.4, -0.2) is 11.6 Å². The van der Waals surface area contributed by atoms with Crippen LogP contribution in [0, 0.1) is 0 Å². The molecular weight excluding hydrogens is 480 g/mol. The molecule has 2 heterocycles. The molecule has 4 heteroatoms. The maximum Gasteiger partial charge on any atom is 0.169 e. The molecule has 202 valence electrons. The summed E-state index contributed by atoms with van der Waals surface area (Å²) in [7, 11) is 0. The Labute approximate surface area is 229 Å². The van der Waals surface area contributed by atoms with Gasteiger partial charge in [-0.15, -0.1) is 22.7 Å². The van der Waals surface area contributed by atoms with E-state index in [1.165, 1.54) is 124 Å². The molecule has 0 unspecified atom stereocenters. The summed E-state index contributed by atoms with van der Waals surface area (Å²) in [5.41, 5.74) is 2.62. The summed E-state index contributed by atoms with van der Waals surface area (Å²) >= 11 is 3.28.